The summed E-state index contributed by atoms with van der Waals surface area (Å²) in [7, 11) is 0. The van der Waals surface area contributed by atoms with E-state index >= 15 is 0 Å². The molecule has 0 aliphatic carbocycles. The topological polar surface area (TPSA) is 126 Å². The Morgan fingerprint density at radius 2 is 1.97 bits per heavy atom. The minimum absolute atomic E-state index is 0.0332. The van der Waals surface area contributed by atoms with Crippen molar-refractivity contribution in [2.24, 2.45) is 0 Å². The van der Waals surface area contributed by atoms with Crippen molar-refractivity contribution in [1.29, 1.82) is 0 Å². The van der Waals surface area contributed by atoms with Crippen molar-refractivity contribution in [3.05, 3.63) is 70.0 Å². The molecule has 0 bridgehead atoms. The van der Waals surface area contributed by atoms with Crippen molar-refractivity contribution in [2.45, 2.75) is 6.42 Å². The van der Waals surface area contributed by atoms with Crippen LogP contribution < -0.4 is 10.6 Å². The number of nitrogens with zero attached hydrogens (tertiary/aromatic N) is 2. The number of benzene rings is 1. The van der Waals surface area contributed by atoms with Crippen molar-refractivity contribution >= 4 is 61.0 Å². The Bertz CT molecular complexity index is 1400. The number of thiazole rings is 1. The third kappa shape index (κ3) is 4.34. The molecule has 160 valence electrons. The van der Waals surface area contributed by atoms with Crippen molar-refractivity contribution < 1.29 is 18.4 Å². The van der Waals surface area contributed by atoms with Gasteiger partial charge in [0.2, 0.25) is 5.91 Å². The first-order valence-electron chi connectivity index (χ1n) is 9.39. The monoisotopic (exact) mass is 511 g/mol. The molecular formula is C21H14BrN5O4S. The summed E-state index contributed by atoms with van der Waals surface area (Å²) in [4.78, 5) is 28.8. The molecule has 5 rings (SSSR count). The van der Waals surface area contributed by atoms with Gasteiger partial charge in [-0.05, 0) is 40.2 Å². The highest BCUT2D eigenvalue weighted by molar-refractivity contribution is 9.10. The van der Waals surface area contributed by atoms with E-state index in [1.54, 1.807) is 23.6 Å². The van der Waals surface area contributed by atoms with Crippen LogP contribution in [0, 0.1) is 0 Å². The first kappa shape index (κ1) is 20.2. The number of fused-ring (bicyclic) bond motifs is 1. The SMILES string of the molecule is O=C(Cc1csc(NC(=O)c2ccc(Br)o2)n1)Nc1cc(-c2cc3ccccc3o2)[nH]n1. The summed E-state index contributed by atoms with van der Waals surface area (Å²) >= 11 is 4.37. The maximum atomic E-state index is 12.4. The number of para-hydroxylation sites is 1. The molecule has 0 aliphatic heterocycles. The fraction of sp³-hybridized carbons (Fsp3) is 0.0476. The number of rotatable bonds is 6. The second-order valence-corrected chi connectivity index (χ2v) is 8.38. The van der Waals surface area contributed by atoms with E-state index in [9.17, 15) is 9.59 Å². The van der Waals surface area contributed by atoms with Gasteiger partial charge in [0.25, 0.3) is 5.91 Å². The Labute approximate surface area is 193 Å². The van der Waals surface area contributed by atoms with E-state index in [0.717, 1.165) is 11.0 Å². The highest BCUT2D eigenvalue weighted by Crippen LogP contribution is 2.27. The number of aromatic nitrogens is 3. The minimum Gasteiger partial charge on any atom is -0.454 e. The normalized spacial score (nSPS) is 11.0. The Kier molecular flexibility index (Phi) is 5.33. The van der Waals surface area contributed by atoms with Gasteiger partial charge in [0.05, 0.1) is 12.1 Å². The molecule has 5 aromatic rings. The van der Waals surface area contributed by atoms with E-state index in [0.29, 0.717) is 32.8 Å². The lowest BCUT2D eigenvalue weighted by Crippen LogP contribution is -2.15. The highest BCUT2D eigenvalue weighted by Gasteiger charge is 2.15. The molecule has 32 heavy (non-hydrogen) atoms. The van der Waals surface area contributed by atoms with Crippen LogP contribution in [0.25, 0.3) is 22.4 Å². The first-order chi connectivity index (χ1) is 15.5. The number of hydrogen-bond acceptors (Lipinski definition) is 7. The summed E-state index contributed by atoms with van der Waals surface area (Å²) in [5.41, 5.74) is 1.95. The van der Waals surface area contributed by atoms with Gasteiger partial charge in [-0.3, -0.25) is 20.0 Å². The maximum Gasteiger partial charge on any atom is 0.293 e. The number of carbonyl (C=O) groups is 2. The lowest BCUT2D eigenvalue weighted by molar-refractivity contribution is -0.115. The van der Waals surface area contributed by atoms with Crippen LogP contribution in [-0.2, 0) is 11.2 Å². The van der Waals surface area contributed by atoms with Crippen LogP contribution in [0.5, 0.6) is 0 Å². The van der Waals surface area contributed by atoms with Crippen LogP contribution in [0.1, 0.15) is 16.2 Å². The number of nitrogens with one attached hydrogen (secondary N) is 3. The summed E-state index contributed by atoms with van der Waals surface area (Å²) in [6, 6.07) is 14.5. The molecular weight excluding hydrogens is 498 g/mol. The van der Waals surface area contributed by atoms with E-state index in [4.69, 9.17) is 8.83 Å². The number of anilines is 2. The number of carbonyl (C=O) groups excluding carboxylic acids is 2. The van der Waals surface area contributed by atoms with E-state index in [1.807, 2.05) is 30.3 Å². The van der Waals surface area contributed by atoms with Crippen LogP contribution in [-0.4, -0.2) is 27.0 Å². The van der Waals surface area contributed by atoms with Crippen molar-refractivity contribution in [1.82, 2.24) is 15.2 Å². The molecule has 0 spiro atoms. The molecule has 1 aromatic carbocycles. The lowest BCUT2D eigenvalue weighted by atomic mass is 10.2. The molecule has 0 saturated heterocycles. The Balaban J connectivity index is 1.20. The molecule has 0 unspecified atom stereocenters. The fourth-order valence-corrected chi connectivity index (χ4v) is 4.03. The number of hydrogen-bond donors (Lipinski definition) is 3. The van der Waals surface area contributed by atoms with Crippen molar-refractivity contribution in [2.75, 3.05) is 10.6 Å². The second-order valence-electron chi connectivity index (χ2n) is 6.74. The van der Waals surface area contributed by atoms with Gasteiger partial charge in [-0.25, -0.2) is 4.98 Å². The number of H-pyrrole nitrogens is 1. The van der Waals surface area contributed by atoms with Crippen molar-refractivity contribution in [3.8, 4) is 11.5 Å². The molecule has 4 aromatic heterocycles. The van der Waals surface area contributed by atoms with Crippen LogP contribution in [0.15, 0.2) is 67.4 Å². The van der Waals surface area contributed by atoms with Crippen LogP contribution in [0.2, 0.25) is 0 Å². The Hall–Kier alpha value is -3.70. The third-order valence-corrected chi connectivity index (χ3v) is 5.68. The largest absolute Gasteiger partial charge is 0.454 e. The van der Waals surface area contributed by atoms with Gasteiger partial charge in [-0.15, -0.1) is 11.3 Å². The van der Waals surface area contributed by atoms with Crippen molar-refractivity contribution in [3.63, 3.8) is 0 Å². The summed E-state index contributed by atoms with van der Waals surface area (Å²) in [5.74, 6) is 0.451. The zero-order valence-corrected chi connectivity index (χ0v) is 18.6. The third-order valence-electron chi connectivity index (χ3n) is 4.45. The van der Waals surface area contributed by atoms with E-state index < -0.39 is 5.91 Å². The number of furan rings is 2. The second kappa shape index (κ2) is 8.44. The van der Waals surface area contributed by atoms with Gasteiger partial charge in [-0.1, -0.05) is 18.2 Å². The molecule has 0 radical (unpaired) electrons. The smallest absolute Gasteiger partial charge is 0.293 e. The number of amides is 2. The van der Waals surface area contributed by atoms with Gasteiger partial charge < -0.3 is 14.2 Å². The van der Waals surface area contributed by atoms with E-state index in [1.165, 1.54) is 11.3 Å². The molecule has 11 heteroatoms. The predicted molar refractivity (Wildman–Crippen MR) is 123 cm³/mol. The Morgan fingerprint density at radius 3 is 2.78 bits per heavy atom. The predicted octanol–water partition coefficient (Wildman–Crippen LogP) is 5.07. The summed E-state index contributed by atoms with van der Waals surface area (Å²) in [6.45, 7) is 0. The van der Waals surface area contributed by atoms with Crippen LogP contribution >= 0.6 is 27.3 Å². The minimum atomic E-state index is -0.421. The average Bonchev–Trinajstić information content (AvgIpc) is 3.54. The number of halogens is 1. The summed E-state index contributed by atoms with van der Waals surface area (Å²) in [5, 5.41) is 15.4. The molecule has 9 nitrogen and oxygen atoms in total. The molecule has 3 N–H and O–H groups in total. The number of aromatic amines is 1. The molecule has 2 amide bonds. The molecule has 0 fully saturated rings. The fourth-order valence-electron chi connectivity index (χ4n) is 3.02. The quantitative estimate of drug-likeness (QED) is 0.292. The maximum absolute atomic E-state index is 12.4. The molecule has 0 aliphatic rings. The van der Waals surface area contributed by atoms with E-state index in [2.05, 4.69) is 41.7 Å². The van der Waals surface area contributed by atoms with Crippen LogP contribution in [0.3, 0.4) is 0 Å². The molecule has 0 atom stereocenters. The average molecular weight is 512 g/mol. The zero-order valence-electron chi connectivity index (χ0n) is 16.2. The summed E-state index contributed by atoms with van der Waals surface area (Å²) < 4.78 is 11.5. The lowest BCUT2D eigenvalue weighted by Gasteiger charge is -1.99. The van der Waals surface area contributed by atoms with Crippen LogP contribution in [0.4, 0.5) is 10.9 Å². The van der Waals surface area contributed by atoms with E-state index in [-0.39, 0.29) is 18.1 Å². The van der Waals surface area contributed by atoms with Gasteiger partial charge >= 0.3 is 0 Å². The van der Waals surface area contributed by atoms with Gasteiger partial charge in [0, 0.05) is 16.8 Å². The first-order valence-corrected chi connectivity index (χ1v) is 11.1. The Morgan fingerprint density at radius 1 is 1.09 bits per heavy atom. The highest BCUT2D eigenvalue weighted by atomic mass is 79.9. The standard InChI is InChI=1S/C21H14BrN5O4S/c22-17-6-5-15(31-17)20(29)25-21-23-12(10-32-21)8-19(28)24-18-9-13(26-27-18)16-7-11-3-1-2-4-14(11)30-16/h1-7,9-10H,8H2,(H,23,25,29)(H2,24,26,27,28). The zero-order chi connectivity index (χ0) is 22.1. The molecule has 4 heterocycles. The van der Waals surface area contributed by atoms with Gasteiger partial charge in [-0.2, -0.15) is 5.10 Å². The van der Waals surface area contributed by atoms with Gasteiger partial charge in [0.1, 0.15) is 11.3 Å². The molecule has 0 saturated carbocycles. The summed E-state index contributed by atoms with van der Waals surface area (Å²) in [6.07, 6.45) is 0.0332. The van der Waals surface area contributed by atoms with Gasteiger partial charge in [0.15, 0.2) is 27.1 Å².